The SMILES string of the molecule is CC(C(=O)N(C)C1CCc2ccccc21)C(N)c1ccccc1.Cl. The van der Waals surface area contributed by atoms with Gasteiger partial charge in [0, 0.05) is 13.1 Å². The number of amides is 1. The second-order valence-electron chi connectivity index (χ2n) is 6.43. The molecule has 3 nitrogen and oxygen atoms in total. The van der Waals surface area contributed by atoms with Crippen molar-refractivity contribution in [3.05, 3.63) is 71.3 Å². The second-order valence-corrected chi connectivity index (χ2v) is 6.43. The van der Waals surface area contributed by atoms with Gasteiger partial charge in [-0.15, -0.1) is 12.4 Å². The van der Waals surface area contributed by atoms with Crippen molar-refractivity contribution < 1.29 is 4.79 Å². The van der Waals surface area contributed by atoms with E-state index in [0.717, 1.165) is 18.4 Å². The molecule has 0 heterocycles. The average molecular weight is 345 g/mol. The van der Waals surface area contributed by atoms with E-state index in [1.807, 2.05) is 49.2 Å². The van der Waals surface area contributed by atoms with Crippen molar-refractivity contribution >= 4 is 18.3 Å². The van der Waals surface area contributed by atoms with Gasteiger partial charge in [0.1, 0.15) is 0 Å². The molecule has 0 radical (unpaired) electrons. The second kappa shape index (κ2) is 7.82. The van der Waals surface area contributed by atoms with Gasteiger partial charge in [0.15, 0.2) is 0 Å². The van der Waals surface area contributed by atoms with Crippen molar-refractivity contribution in [2.45, 2.75) is 31.8 Å². The van der Waals surface area contributed by atoms with E-state index in [1.165, 1.54) is 11.1 Å². The minimum atomic E-state index is -0.275. The lowest BCUT2D eigenvalue weighted by atomic mass is 9.93. The smallest absolute Gasteiger partial charge is 0.227 e. The predicted octanol–water partition coefficient (Wildman–Crippen LogP) is 3.89. The van der Waals surface area contributed by atoms with Crippen LogP contribution in [0.2, 0.25) is 0 Å². The molecule has 4 heteroatoms. The standard InChI is InChI=1S/C20H24N2O.ClH/c1-14(19(21)16-9-4-3-5-10-16)20(23)22(2)18-13-12-15-8-6-7-11-17(15)18;/h3-11,14,18-19H,12-13,21H2,1-2H3;1H. The maximum absolute atomic E-state index is 12.9. The Morgan fingerprint density at radius 2 is 1.75 bits per heavy atom. The molecule has 24 heavy (non-hydrogen) atoms. The Hall–Kier alpha value is -1.84. The Kier molecular flexibility index (Phi) is 6.03. The molecule has 2 aromatic carbocycles. The van der Waals surface area contributed by atoms with E-state index in [0.29, 0.717) is 0 Å². The van der Waals surface area contributed by atoms with Gasteiger partial charge in [-0.05, 0) is 29.5 Å². The topological polar surface area (TPSA) is 46.3 Å². The van der Waals surface area contributed by atoms with Crippen LogP contribution in [0.15, 0.2) is 54.6 Å². The normalized spacial score (nSPS) is 18.2. The molecule has 0 saturated carbocycles. The summed E-state index contributed by atoms with van der Waals surface area (Å²) in [7, 11) is 1.91. The number of fused-ring (bicyclic) bond motifs is 1. The van der Waals surface area contributed by atoms with Gasteiger partial charge in [-0.25, -0.2) is 0 Å². The van der Waals surface area contributed by atoms with Gasteiger partial charge in [0.2, 0.25) is 5.91 Å². The molecule has 0 spiro atoms. The molecule has 3 unspecified atom stereocenters. The monoisotopic (exact) mass is 344 g/mol. The van der Waals surface area contributed by atoms with Crippen LogP contribution in [0.3, 0.4) is 0 Å². The molecule has 0 aliphatic heterocycles. The first-order valence-corrected chi connectivity index (χ1v) is 8.24. The van der Waals surface area contributed by atoms with Crippen LogP contribution in [0, 0.1) is 5.92 Å². The molecule has 2 aromatic rings. The van der Waals surface area contributed by atoms with E-state index in [-0.39, 0.29) is 36.3 Å². The van der Waals surface area contributed by atoms with Crippen molar-refractivity contribution in [2.75, 3.05) is 7.05 Å². The summed E-state index contributed by atoms with van der Waals surface area (Å²) in [5.41, 5.74) is 9.97. The Morgan fingerprint density at radius 3 is 2.46 bits per heavy atom. The molecule has 0 bridgehead atoms. The van der Waals surface area contributed by atoms with Crippen molar-refractivity contribution in [3.63, 3.8) is 0 Å². The Balaban J connectivity index is 0.00000208. The van der Waals surface area contributed by atoms with Gasteiger partial charge in [0.25, 0.3) is 0 Å². The number of halogens is 1. The summed E-state index contributed by atoms with van der Waals surface area (Å²) < 4.78 is 0. The van der Waals surface area contributed by atoms with Crippen molar-refractivity contribution in [2.24, 2.45) is 11.7 Å². The van der Waals surface area contributed by atoms with Crippen LogP contribution in [0.25, 0.3) is 0 Å². The summed E-state index contributed by atoms with van der Waals surface area (Å²) >= 11 is 0. The highest BCUT2D eigenvalue weighted by atomic mass is 35.5. The summed E-state index contributed by atoms with van der Waals surface area (Å²) in [5, 5.41) is 0. The fourth-order valence-electron chi connectivity index (χ4n) is 3.53. The zero-order valence-electron chi connectivity index (χ0n) is 14.2. The fourth-order valence-corrected chi connectivity index (χ4v) is 3.53. The molecule has 1 amide bonds. The van der Waals surface area contributed by atoms with E-state index < -0.39 is 0 Å². The lowest BCUT2D eigenvalue weighted by Gasteiger charge is -2.30. The van der Waals surface area contributed by atoms with Gasteiger partial charge in [-0.2, -0.15) is 0 Å². The van der Waals surface area contributed by atoms with E-state index in [9.17, 15) is 4.79 Å². The predicted molar refractivity (Wildman–Crippen MR) is 100 cm³/mol. The highest BCUT2D eigenvalue weighted by Crippen LogP contribution is 2.36. The fraction of sp³-hybridized carbons (Fsp3) is 0.350. The number of nitrogens with zero attached hydrogens (tertiary/aromatic N) is 1. The van der Waals surface area contributed by atoms with Crippen molar-refractivity contribution in [3.8, 4) is 0 Å². The summed E-state index contributed by atoms with van der Waals surface area (Å²) in [5.74, 6) is -0.127. The number of nitrogens with two attached hydrogens (primary N) is 1. The molecular weight excluding hydrogens is 320 g/mol. The maximum atomic E-state index is 12.9. The zero-order chi connectivity index (χ0) is 16.4. The first-order chi connectivity index (χ1) is 11.1. The Labute approximate surface area is 150 Å². The molecular formula is C20H25ClN2O. The van der Waals surface area contributed by atoms with Gasteiger partial charge in [-0.3, -0.25) is 4.79 Å². The number of rotatable bonds is 4. The number of hydrogen-bond donors (Lipinski definition) is 1. The number of hydrogen-bond acceptors (Lipinski definition) is 2. The van der Waals surface area contributed by atoms with E-state index in [2.05, 4.69) is 24.3 Å². The van der Waals surface area contributed by atoms with Gasteiger partial charge in [-0.1, -0.05) is 61.5 Å². The van der Waals surface area contributed by atoms with E-state index in [4.69, 9.17) is 5.73 Å². The Morgan fingerprint density at radius 1 is 1.12 bits per heavy atom. The molecule has 128 valence electrons. The number of carbonyl (C=O) groups excluding carboxylic acids is 1. The van der Waals surface area contributed by atoms with Gasteiger partial charge >= 0.3 is 0 Å². The van der Waals surface area contributed by atoms with Crippen LogP contribution >= 0.6 is 12.4 Å². The first kappa shape index (κ1) is 18.5. The number of aryl methyl sites for hydroxylation is 1. The lowest BCUT2D eigenvalue weighted by Crippen LogP contribution is -2.38. The van der Waals surface area contributed by atoms with Crippen LogP contribution in [0.5, 0.6) is 0 Å². The van der Waals surface area contributed by atoms with Crippen LogP contribution in [-0.4, -0.2) is 17.9 Å². The third-order valence-corrected chi connectivity index (χ3v) is 5.03. The minimum Gasteiger partial charge on any atom is -0.338 e. The minimum absolute atomic E-state index is 0. The molecule has 0 aromatic heterocycles. The summed E-state index contributed by atoms with van der Waals surface area (Å²) in [4.78, 5) is 14.8. The highest BCUT2D eigenvalue weighted by Gasteiger charge is 2.32. The lowest BCUT2D eigenvalue weighted by molar-refractivity contribution is -0.136. The quantitative estimate of drug-likeness (QED) is 0.914. The molecule has 3 atom stereocenters. The average Bonchev–Trinajstić information content (AvgIpc) is 3.04. The molecule has 1 aliphatic carbocycles. The summed E-state index contributed by atoms with van der Waals surface area (Å²) in [6.45, 7) is 1.93. The summed E-state index contributed by atoms with van der Waals surface area (Å²) in [6, 6.07) is 18.2. The van der Waals surface area contributed by atoms with Crippen molar-refractivity contribution in [1.82, 2.24) is 4.90 Å². The highest BCUT2D eigenvalue weighted by molar-refractivity contribution is 5.85. The number of benzene rings is 2. The maximum Gasteiger partial charge on any atom is 0.227 e. The third kappa shape index (κ3) is 3.47. The number of carbonyl (C=O) groups is 1. The van der Waals surface area contributed by atoms with Crippen LogP contribution in [0.4, 0.5) is 0 Å². The third-order valence-electron chi connectivity index (χ3n) is 5.03. The van der Waals surface area contributed by atoms with Gasteiger partial charge in [0.05, 0.1) is 12.0 Å². The summed E-state index contributed by atoms with van der Waals surface area (Å²) in [6.07, 6.45) is 2.03. The van der Waals surface area contributed by atoms with Crippen molar-refractivity contribution in [1.29, 1.82) is 0 Å². The first-order valence-electron chi connectivity index (χ1n) is 8.24. The van der Waals surface area contributed by atoms with Crippen LogP contribution < -0.4 is 5.73 Å². The van der Waals surface area contributed by atoms with E-state index in [1.54, 1.807) is 0 Å². The Bertz CT molecular complexity index is 689. The zero-order valence-corrected chi connectivity index (χ0v) is 15.0. The largest absolute Gasteiger partial charge is 0.338 e. The molecule has 3 rings (SSSR count). The molecule has 1 aliphatic rings. The molecule has 2 N–H and O–H groups in total. The van der Waals surface area contributed by atoms with Gasteiger partial charge < -0.3 is 10.6 Å². The van der Waals surface area contributed by atoms with Crippen LogP contribution in [-0.2, 0) is 11.2 Å². The van der Waals surface area contributed by atoms with Crippen LogP contribution in [0.1, 0.15) is 42.1 Å². The molecule has 0 saturated heterocycles. The van der Waals surface area contributed by atoms with E-state index >= 15 is 0 Å². The molecule has 0 fully saturated rings.